The number of amides is 1. The zero-order valence-corrected chi connectivity index (χ0v) is 7.00. The van der Waals surface area contributed by atoms with Crippen molar-refractivity contribution in [3.8, 4) is 0 Å². The lowest BCUT2D eigenvalue weighted by Crippen LogP contribution is -2.27. The highest BCUT2D eigenvalue weighted by atomic mass is 16.1. The first-order valence-electron chi connectivity index (χ1n) is 4.16. The molecular weight excluding hydrogens is 150 g/mol. The molecule has 0 saturated heterocycles. The van der Waals surface area contributed by atoms with Crippen LogP contribution in [0.1, 0.15) is 13.9 Å². The van der Waals surface area contributed by atoms with Crippen molar-refractivity contribution < 1.29 is 6.22 Å². The van der Waals surface area contributed by atoms with E-state index in [1.54, 1.807) is 0 Å². The van der Waals surface area contributed by atoms with Gasteiger partial charge in [-0.25, -0.2) is 0 Å². The average Bonchev–Trinajstić information content (AvgIpc) is 2.07. The maximum atomic E-state index is 11.2. The predicted molar refractivity (Wildman–Crippen MR) is 50.1 cm³/mol. The average molecular weight is 163 g/mol. The van der Waals surface area contributed by atoms with Gasteiger partial charge < -0.3 is 5.32 Å². The molecule has 64 valence electrons. The molecule has 1 heterocycles. The first-order valence-corrected chi connectivity index (χ1v) is 4.16. The Hall–Kier alpha value is -1.31. The number of hydrogen-bond acceptors (Lipinski definition) is 1. The van der Waals surface area contributed by atoms with Gasteiger partial charge in [-0.2, -0.15) is 0 Å². The summed E-state index contributed by atoms with van der Waals surface area (Å²) < 4.78 is 0. The first kappa shape index (κ1) is 7.35. The quantitative estimate of drug-likeness (QED) is 0.623. The highest BCUT2D eigenvalue weighted by Gasteiger charge is 2.20. The van der Waals surface area contributed by atoms with Crippen LogP contribution in [0.2, 0.25) is 0 Å². The molecule has 0 fully saturated rings. The fourth-order valence-electron chi connectivity index (χ4n) is 1.50. The minimum atomic E-state index is 0. The Morgan fingerprint density at radius 1 is 1.50 bits per heavy atom. The van der Waals surface area contributed by atoms with E-state index >= 15 is 0 Å². The van der Waals surface area contributed by atoms with E-state index in [1.807, 2.05) is 25.1 Å². The van der Waals surface area contributed by atoms with Gasteiger partial charge in [-0.15, -0.1) is 0 Å². The van der Waals surface area contributed by atoms with E-state index in [0.717, 1.165) is 12.1 Å². The third-order valence-corrected chi connectivity index (χ3v) is 2.25. The van der Waals surface area contributed by atoms with Crippen LogP contribution in [0.15, 0.2) is 24.3 Å². The second kappa shape index (κ2) is 2.63. The Kier molecular flexibility index (Phi) is 1.61. The van der Waals surface area contributed by atoms with E-state index in [0.29, 0.717) is 0 Å². The van der Waals surface area contributed by atoms with Crippen molar-refractivity contribution in [3.63, 3.8) is 0 Å². The van der Waals surface area contributed by atoms with E-state index in [1.165, 1.54) is 5.56 Å². The van der Waals surface area contributed by atoms with Gasteiger partial charge >= 0.3 is 0 Å². The molecule has 1 N–H and O–H groups in total. The summed E-state index contributed by atoms with van der Waals surface area (Å²) in [7, 11) is 0. The van der Waals surface area contributed by atoms with Crippen LogP contribution in [0.25, 0.3) is 0 Å². The summed E-state index contributed by atoms with van der Waals surface area (Å²) in [6, 6.07) is 7.95. The van der Waals surface area contributed by atoms with Gasteiger partial charge in [-0.1, -0.05) is 25.1 Å². The highest BCUT2D eigenvalue weighted by Crippen LogP contribution is 2.24. The molecule has 1 aliphatic heterocycles. The van der Waals surface area contributed by atoms with E-state index in [9.17, 15) is 4.79 Å². The van der Waals surface area contributed by atoms with Gasteiger partial charge in [0.25, 0.3) is 0 Å². The largest absolute Gasteiger partial charge is 0.326 e. The lowest BCUT2D eigenvalue weighted by atomic mass is 9.95. The van der Waals surface area contributed by atoms with Gasteiger partial charge in [-0.05, 0) is 18.1 Å². The summed E-state index contributed by atoms with van der Waals surface area (Å²) in [5.41, 5.74) is 2.21. The number of nitrogens with one attached hydrogen (secondary N) is 1. The Bertz CT molecular complexity index is 324. The summed E-state index contributed by atoms with van der Waals surface area (Å²) >= 11 is 0. The third-order valence-electron chi connectivity index (χ3n) is 2.25. The van der Waals surface area contributed by atoms with Crippen LogP contribution in [-0.4, -0.2) is 5.91 Å². The number of anilines is 1. The molecule has 2 nitrogen and oxygen atoms in total. The molecule has 1 aromatic rings. The minimum Gasteiger partial charge on any atom is -0.326 e. The molecule has 0 aromatic heterocycles. The molecule has 0 bridgehead atoms. The summed E-state index contributed by atoms with van der Waals surface area (Å²) in [5, 5.41) is 2.87. The second-order valence-electron chi connectivity index (χ2n) is 3.25. The van der Waals surface area contributed by atoms with Crippen molar-refractivity contribution in [2.45, 2.75) is 13.3 Å². The molecule has 0 radical (unpaired) electrons. The fraction of sp³-hybridized carbons (Fsp3) is 0.300. The molecule has 1 aromatic carbocycles. The maximum Gasteiger partial charge on any atom is 0.227 e. The van der Waals surface area contributed by atoms with Crippen LogP contribution >= 0.6 is 0 Å². The standard InChI is InChI=1S/C10H11NO.H2/c1-7-6-8-4-2-3-5-9(8)11-10(7)12;/h2-5,7H,6H2,1H3,(H,11,12);1H. The van der Waals surface area contributed by atoms with Gasteiger partial charge in [0.15, 0.2) is 0 Å². The number of fused-ring (bicyclic) bond motifs is 1. The van der Waals surface area contributed by atoms with Crippen molar-refractivity contribution >= 4 is 11.6 Å². The van der Waals surface area contributed by atoms with Gasteiger partial charge in [0.05, 0.1) is 0 Å². The van der Waals surface area contributed by atoms with Crippen LogP contribution in [0.4, 0.5) is 5.69 Å². The zero-order valence-electron chi connectivity index (χ0n) is 7.00. The monoisotopic (exact) mass is 163 g/mol. The molecule has 0 spiro atoms. The minimum absolute atomic E-state index is 0. The van der Waals surface area contributed by atoms with Crippen LogP contribution in [0, 0.1) is 5.92 Å². The molecule has 2 rings (SSSR count). The molecule has 1 amide bonds. The first-order chi connectivity index (χ1) is 5.77. The molecule has 12 heavy (non-hydrogen) atoms. The van der Waals surface area contributed by atoms with Gasteiger partial charge in [0, 0.05) is 13.0 Å². The summed E-state index contributed by atoms with van der Waals surface area (Å²) in [6.45, 7) is 1.95. The summed E-state index contributed by atoms with van der Waals surface area (Å²) in [4.78, 5) is 11.2. The Morgan fingerprint density at radius 3 is 3.08 bits per heavy atom. The molecule has 2 heteroatoms. The Balaban J connectivity index is 0.000000845. The third kappa shape index (κ3) is 1.09. The molecule has 0 aliphatic carbocycles. The van der Waals surface area contributed by atoms with Crippen LogP contribution < -0.4 is 5.32 Å². The Morgan fingerprint density at radius 2 is 2.25 bits per heavy atom. The predicted octanol–water partition coefficient (Wildman–Crippen LogP) is 2.06. The summed E-state index contributed by atoms with van der Waals surface area (Å²) in [6.07, 6.45) is 0.863. The SMILES string of the molecule is CC1Cc2ccccc2NC1=O.[HH]. The fourth-order valence-corrected chi connectivity index (χ4v) is 1.50. The van der Waals surface area contributed by atoms with Crippen molar-refractivity contribution in [2.24, 2.45) is 5.92 Å². The van der Waals surface area contributed by atoms with E-state index in [4.69, 9.17) is 0 Å². The van der Waals surface area contributed by atoms with Crippen molar-refractivity contribution in [3.05, 3.63) is 29.8 Å². The van der Waals surface area contributed by atoms with Crippen LogP contribution in [0.5, 0.6) is 0 Å². The number of carbonyl (C=O) groups is 1. The topological polar surface area (TPSA) is 29.1 Å². The molecule has 0 saturated carbocycles. The molecule has 1 aliphatic rings. The second-order valence-corrected chi connectivity index (χ2v) is 3.25. The number of carbonyl (C=O) groups excluding carboxylic acids is 1. The number of benzene rings is 1. The Labute approximate surface area is 73.1 Å². The molecule has 1 unspecified atom stereocenters. The lowest BCUT2D eigenvalue weighted by molar-refractivity contribution is -0.119. The van der Waals surface area contributed by atoms with E-state index < -0.39 is 0 Å². The van der Waals surface area contributed by atoms with Gasteiger partial charge in [-0.3, -0.25) is 4.79 Å². The van der Waals surface area contributed by atoms with Gasteiger partial charge in [0.2, 0.25) is 5.91 Å². The highest BCUT2D eigenvalue weighted by molar-refractivity contribution is 5.95. The maximum absolute atomic E-state index is 11.2. The normalized spacial score (nSPS) is 21.4. The van der Waals surface area contributed by atoms with E-state index in [2.05, 4.69) is 11.4 Å². The molecular formula is C10H13NO. The van der Waals surface area contributed by atoms with Gasteiger partial charge in [0.1, 0.15) is 0 Å². The zero-order chi connectivity index (χ0) is 8.55. The number of hydrogen-bond donors (Lipinski definition) is 1. The summed E-state index contributed by atoms with van der Waals surface area (Å²) in [5.74, 6) is 0.244. The lowest BCUT2D eigenvalue weighted by Gasteiger charge is -2.21. The van der Waals surface area contributed by atoms with Crippen molar-refractivity contribution in [1.82, 2.24) is 0 Å². The van der Waals surface area contributed by atoms with Crippen molar-refractivity contribution in [1.29, 1.82) is 0 Å². The number of rotatable bonds is 0. The van der Waals surface area contributed by atoms with E-state index in [-0.39, 0.29) is 13.3 Å². The van der Waals surface area contributed by atoms with Crippen LogP contribution in [-0.2, 0) is 11.2 Å². The smallest absolute Gasteiger partial charge is 0.227 e. The number of para-hydroxylation sites is 1. The van der Waals surface area contributed by atoms with Crippen LogP contribution in [0.3, 0.4) is 0 Å². The van der Waals surface area contributed by atoms with Crippen molar-refractivity contribution in [2.75, 3.05) is 5.32 Å². The molecule has 1 atom stereocenters.